The Hall–Kier alpha value is -3.51. The van der Waals surface area contributed by atoms with Gasteiger partial charge in [-0.25, -0.2) is 4.98 Å². The number of benzene rings is 1. The van der Waals surface area contributed by atoms with Gasteiger partial charge >= 0.3 is 0 Å². The number of pyridine rings is 2. The number of amides is 1. The minimum atomic E-state index is 0.0708. The van der Waals surface area contributed by atoms with E-state index < -0.39 is 0 Å². The van der Waals surface area contributed by atoms with Crippen LogP contribution in [-0.4, -0.2) is 66.5 Å². The Kier molecular flexibility index (Phi) is 7.35. The molecule has 0 saturated carbocycles. The minimum absolute atomic E-state index is 0.0708. The van der Waals surface area contributed by atoms with Crippen LogP contribution in [0.2, 0.25) is 0 Å². The molecule has 0 bridgehead atoms. The van der Waals surface area contributed by atoms with Crippen molar-refractivity contribution in [3.8, 4) is 11.1 Å². The lowest BCUT2D eigenvalue weighted by Gasteiger charge is -2.34. The molecule has 3 heterocycles. The van der Waals surface area contributed by atoms with Gasteiger partial charge in [-0.1, -0.05) is 13.0 Å². The average molecular weight is 510 g/mol. The molecular weight excluding hydrogens is 470 g/mol. The van der Waals surface area contributed by atoms with Gasteiger partial charge in [0, 0.05) is 62.7 Å². The fraction of sp³-hybridized carbons (Fsp3) is 0.406. The third kappa shape index (κ3) is 4.97. The normalized spacial score (nSPS) is 17.7. The second-order valence-electron chi connectivity index (χ2n) is 11.1. The molecule has 198 valence electrons. The highest BCUT2D eigenvalue weighted by atomic mass is 16.2. The molecule has 0 radical (unpaired) electrons. The number of likely N-dealkylation sites (tertiary alicyclic amines) is 1. The highest BCUT2D eigenvalue weighted by Gasteiger charge is 2.29. The number of nitrogens with one attached hydrogen (secondary N) is 1. The van der Waals surface area contributed by atoms with Crippen LogP contribution >= 0.6 is 0 Å². The largest absolute Gasteiger partial charge is 0.373 e. The van der Waals surface area contributed by atoms with Crippen molar-refractivity contribution in [3.05, 3.63) is 81.8 Å². The number of aromatic nitrogens is 2. The number of hydrogen-bond acceptors (Lipinski definition) is 5. The average Bonchev–Trinajstić information content (AvgIpc) is 3.23. The van der Waals surface area contributed by atoms with E-state index in [1.807, 2.05) is 39.6 Å². The summed E-state index contributed by atoms with van der Waals surface area (Å²) in [5.74, 6) is 1.80. The summed E-state index contributed by atoms with van der Waals surface area (Å²) in [7, 11) is 5.51. The van der Waals surface area contributed by atoms with E-state index in [2.05, 4.69) is 66.3 Å². The van der Waals surface area contributed by atoms with E-state index in [1.165, 1.54) is 39.1 Å². The first-order valence-electron chi connectivity index (χ1n) is 13.7. The second-order valence-corrected chi connectivity index (χ2v) is 11.1. The summed E-state index contributed by atoms with van der Waals surface area (Å²) in [5, 5.41) is 3.09. The Bertz CT molecular complexity index is 1340. The number of rotatable bonds is 6. The summed E-state index contributed by atoms with van der Waals surface area (Å²) in [6, 6.07) is 10.4. The van der Waals surface area contributed by atoms with Crippen molar-refractivity contribution in [2.75, 3.05) is 46.1 Å². The topological polar surface area (TPSA) is 61.4 Å². The molecular formula is C32H39N5O. The molecule has 1 unspecified atom stereocenters. The molecule has 2 aromatic heterocycles. The molecule has 2 aliphatic rings. The lowest BCUT2D eigenvalue weighted by atomic mass is 9.83. The first-order chi connectivity index (χ1) is 18.3. The van der Waals surface area contributed by atoms with E-state index in [-0.39, 0.29) is 5.91 Å². The van der Waals surface area contributed by atoms with Crippen LogP contribution in [0.1, 0.15) is 69.9 Å². The maximum atomic E-state index is 12.5. The standard InChI is InChI=1S/C32H39N5O/c1-20-15-25(32(38)36(5)6)16-21(2)30(20)23-10-13-37(14-11-23)19-26-17-28-27(9-12-34-31(28)22(26)3)24-7-8-29(33-4)35-18-24/h7-9,12,15-18,22-23H,10-11,13-14,19H2,1-6H3,(H,33,35). The molecule has 1 saturated heterocycles. The van der Waals surface area contributed by atoms with Gasteiger partial charge in [0.2, 0.25) is 0 Å². The predicted molar refractivity (Wildman–Crippen MR) is 156 cm³/mol. The molecule has 1 aromatic carbocycles. The zero-order chi connectivity index (χ0) is 27.0. The van der Waals surface area contributed by atoms with Gasteiger partial charge in [-0.15, -0.1) is 0 Å². The Morgan fingerprint density at radius 3 is 2.39 bits per heavy atom. The maximum absolute atomic E-state index is 12.5. The van der Waals surface area contributed by atoms with E-state index in [1.54, 1.807) is 4.90 Å². The first-order valence-corrected chi connectivity index (χ1v) is 13.7. The molecule has 38 heavy (non-hydrogen) atoms. The van der Waals surface area contributed by atoms with Crippen LogP contribution in [0.5, 0.6) is 0 Å². The van der Waals surface area contributed by atoms with Crippen LogP contribution in [-0.2, 0) is 0 Å². The van der Waals surface area contributed by atoms with Crippen LogP contribution in [0.25, 0.3) is 17.2 Å². The lowest BCUT2D eigenvalue weighted by molar-refractivity contribution is 0.0827. The Morgan fingerprint density at radius 1 is 1.08 bits per heavy atom. The number of anilines is 1. The number of carbonyl (C=O) groups excluding carboxylic acids is 1. The van der Waals surface area contributed by atoms with Gasteiger partial charge in [-0.3, -0.25) is 14.7 Å². The van der Waals surface area contributed by atoms with E-state index in [0.717, 1.165) is 49.4 Å². The third-order valence-electron chi connectivity index (χ3n) is 8.30. The molecule has 1 atom stereocenters. The lowest BCUT2D eigenvalue weighted by Crippen LogP contribution is -2.35. The van der Waals surface area contributed by atoms with Gasteiger partial charge in [-0.2, -0.15) is 0 Å². The van der Waals surface area contributed by atoms with Crippen LogP contribution in [0, 0.1) is 13.8 Å². The number of piperidine rings is 1. The zero-order valence-corrected chi connectivity index (χ0v) is 23.5. The van der Waals surface area contributed by atoms with E-state index in [9.17, 15) is 4.79 Å². The Morgan fingerprint density at radius 2 is 1.79 bits per heavy atom. The van der Waals surface area contributed by atoms with Crippen molar-refractivity contribution >= 4 is 17.8 Å². The number of carbonyl (C=O) groups is 1. The van der Waals surface area contributed by atoms with Gasteiger partial charge < -0.3 is 10.2 Å². The Labute approximate surface area is 226 Å². The minimum Gasteiger partial charge on any atom is -0.373 e. The smallest absolute Gasteiger partial charge is 0.253 e. The summed E-state index contributed by atoms with van der Waals surface area (Å²) in [6.45, 7) is 9.75. The monoisotopic (exact) mass is 509 g/mol. The highest BCUT2D eigenvalue weighted by Crippen LogP contribution is 2.41. The molecule has 3 aromatic rings. The second kappa shape index (κ2) is 10.7. The molecule has 6 heteroatoms. The SMILES string of the molecule is CNc1ccc(-c2ccnc3c2C=C(CN2CCC(c4c(C)cc(C(=O)N(C)C)cc4C)CC2)C3C)cn1. The number of hydrogen-bond donors (Lipinski definition) is 1. The van der Waals surface area contributed by atoms with E-state index >= 15 is 0 Å². The molecule has 6 nitrogen and oxygen atoms in total. The predicted octanol–water partition coefficient (Wildman–Crippen LogP) is 5.88. The summed E-state index contributed by atoms with van der Waals surface area (Å²) < 4.78 is 0. The summed E-state index contributed by atoms with van der Waals surface area (Å²) in [5.41, 5.74) is 10.9. The molecule has 1 aliphatic carbocycles. The van der Waals surface area contributed by atoms with Crippen LogP contribution in [0.4, 0.5) is 5.82 Å². The van der Waals surface area contributed by atoms with Gasteiger partial charge in [-0.05, 0) is 104 Å². The van der Waals surface area contributed by atoms with Crippen molar-refractivity contribution in [2.24, 2.45) is 0 Å². The quantitative estimate of drug-likeness (QED) is 0.449. The molecule has 1 N–H and O–H groups in total. The van der Waals surface area contributed by atoms with Crippen molar-refractivity contribution in [3.63, 3.8) is 0 Å². The Balaban J connectivity index is 1.28. The molecule has 1 amide bonds. The van der Waals surface area contributed by atoms with Crippen molar-refractivity contribution in [1.29, 1.82) is 0 Å². The van der Waals surface area contributed by atoms with Gasteiger partial charge in [0.1, 0.15) is 5.82 Å². The molecule has 0 spiro atoms. The highest BCUT2D eigenvalue weighted by molar-refractivity contribution is 5.94. The maximum Gasteiger partial charge on any atom is 0.253 e. The van der Waals surface area contributed by atoms with Crippen molar-refractivity contribution in [1.82, 2.24) is 19.8 Å². The van der Waals surface area contributed by atoms with E-state index in [4.69, 9.17) is 4.98 Å². The fourth-order valence-electron chi connectivity index (χ4n) is 6.25. The zero-order valence-electron chi connectivity index (χ0n) is 23.5. The van der Waals surface area contributed by atoms with Crippen LogP contribution < -0.4 is 5.32 Å². The van der Waals surface area contributed by atoms with Gasteiger partial charge in [0.05, 0.1) is 5.69 Å². The number of nitrogens with zero attached hydrogens (tertiary/aromatic N) is 4. The van der Waals surface area contributed by atoms with Crippen molar-refractivity contribution < 1.29 is 4.79 Å². The first kappa shape index (κ1) is 26.1. The van der Waals surface area contributed by atoms with E-state index in [0.29, 0.717) is 11.8 Å². The summed E-state index contributed by atoms with van der Waals surface area (Å²) >= 11 is 0. The molecule has 5 rings (SSSR count). The van der Waals surface area contributed by atoms with Crippen LogP contribution in [0.3, 0.4) is 0 Å². The molecule has 1 fully saturated rings. The third-order valence-corrected chi connectivity index (χ3v) is 8.30. The van der Waals surface area contributed by atoms with Crippen molar-refractivity contribution in [2.45, 2.75) is 45.4 Å². The summed E-state index contributed by atoms with van der Waals surface area (Å²) in [6.07, 6.45) is 8.53. The molecule has 1 aliphatic heterocycles. The van der Waals surface area contributed by atoms with Gasteiger partial charge in [0.15, 0.2) is 0 Å². The number of aryl methyl sites for hydroxylation is 2. The van der Waals surface area contributed by atoms with Crippen LogP contribution in [0.15, 0.2) is 48.3 Å². The fourth-order valence-corrected chi connectivity index (χ4v) is 6.25. The summed E-state index contributed by atoms with van der Waals surface area (Å²) in [4.78, 5) is 26.0. The number of fused-ring (bicyclic) bond motifs is 1. The van der Waals surface area contributed by atoms with Gasteiger partial charge in [0.25, 0.3) is 5.91 Å².